The molecule has 2 aromatic rings. The number of benzene rings is 2. The van der Waals surface area contributed by atoms with E-state index in [0.29, 0.717) is 37.5 Å². The van der Waals surface area contributed by atoms with E-state index in [2.05, 4.69) is 24.5 Å². The van der Waals surface area contributed by atoms with Crippen molar-refractivity contribution in [2.45, 2.75) is 71.4 Å². The van der Waals surface area contributed by atoms with Gasteiger partial charge in [-0.1, -0.05) is 55.8 Å². The Morgan fingerprint density at radius 1 is 1.00 bits per heavy atom. The third-order valence-corrected chi connectivity index (χ3v) is 7.45. The molecule has 0 heterocycles. The lowest BCUT2D eigenvalue weighted by Crippen LogP contribution is -2.49. The summed E-state index contributed by atoms with van der Waals surface area (Å²) in [4.78, 5) is 26.0. The molecule has 0 bridgehead atoms. The van der Waals surface area contributed by atoms with E-state index in [1.807, 2.05) is 57.2 Å². The molecule has 0 aromatic heterocycles. The molecule has 0 aliphatic carbocycles. The van der Waals surface area contributed by atoms with Gasteiger partial charge in [-0.05, 0) is 69.6 Å². The number of para-hydroxylation sites is 1. The second kappa shape index (κ2) is 16.4. The maximum Gasteiger partial charge on any atom is 0.255 e. The Bertz CT molecular complexity index is 1070. The van der Waals surface area contributed by atoms with Gasteiger partial charge in [0, 0.05) is 32.8 Å². The molecule has 222 valence electrons. The van der Waals surface area contributed by atoms with Crippen molar-refractivity contribution >= 4 is 11.8 Å². The topological polar surface area (TPSA) is 123 Å². The minimum Gasteiger partial charge on any atom is -0.493 e. The van der Waals surface area contributed by atoms with Crippen LogP contribution >= 0.6 is 0 Å². The molecule has 0 saturated carbocycles. The number of ether oxygens (including phenoxy) is 2. The molecule has 40 heavy (non-hydrogen) atoms. The van der Waals surface area contributed by atoms with Crippen molar-refractivity contribution in [3.8, 4) is 5.75 Å². The average Bonchev–Trinajstić information content (AvgIpc) is 2.93. The number of hydrogen-bond donors (Lipinski definition) is 4. The van der Waals surface area contributed by atoms with E-state index in [0.717, 1.165) is 24.0 Å². The normalized spacial score (nSPS) is 13.9. The molecule has 2 amide bonds. The lowest BCUT2D eigenvalue weighted by atomic mass is 9.83. The number of aliphatic hydroxyl groups is 1. The van der Waals surface area contributed by atoms with Gasteiger partial charge in [0.25, 0.3) is 5.91 Å². The van der Waals surface area contributed by atoms with Crippen LogP contribution in [-0.2, 0) is 14.9 Å². The molecule has 0 unspecified atom stereocenters. The van der Waals surface area contributed by atoms with E-state index in [-0.39, 0.29) is 30.2 Å². The van der Waals surface area contributed by atoms with Gasteiger partial charge in [0.2, 0.25) is 5.91 Å². The molecule has 0 aliphatic rings. The summed E-state index contributed by atoms with van der Waals surface area (Å²) in [7, 11) is 1.67. The molecular formula is C32H49N3O5. The molecule has 5 N–H and O–H groups in total. The van der Waals surface area contributed by atoms with E-state index < -0.39 is 17.6 Å². The zero-order chi connectivity index (χ0) is 29.7. The molecule has 0 aliphatic heterocycles. The van der Waals surface area contributed by atoms with Gasteiger partial charge in [-0.3, -0.25) is 9.59 Å². The molecule has 8 heteroatoms. The van der Waals surface area contributed by atoms with Gasteiger partial charge in [0.05, 0.1) is 23.7 Å². The largest absolute Gasteiger partial charge is 0.493 e. The molecule has 2 aromatic carbocycles. The van der Waals surface area contributed by atoms with Crippen molar-refractivity contribution in [1.82, 2.24) is 10.6 Å². The highest BCUT2D eigenvalue weighted by molar-refractivity contribution is 5.96. The first-order chi connectivity index (χ1) is 19.0. The van der Waals surface area contributed by atoms with Crippen LogP contribution < -0.4 is 21.1 Å². The number of methoxy groups -OCH3 is 1. The van der Waals surface area contributed by atoms with E-state index in [9.17, 15) is 14.7 Å². The highest BCUT2D eigenvalue weighted by Crippen LogP contribution is 2.24. The quantitative estimate of drug-likeness (QED) is 0.219. The fourth-order valence-corrected chi connectivity index (χ4v) is 4.46. The smallest absolute Gasteiger partial charge is 0.255 e. The van der Waals surface area contributed by atoms with Gasteiger partial charge < -0.3 is 30.9 Å². The highest BCUT2D eigenvalue weighted by Gasteiger charge is 2.31. The summed E-state index contributed by atoms with van der Waals surface area (Å²) in [6.45, 7) is 11.5. The van der Waals surface area contributed by atoms with Gasteiger partial charge in [-0.25, -0.2) is 0 Å². The number of unbranched alkanes of at least 4 members (excludes halogenated alkanes) is 1. The standard InChI is InChI=1S/C32H49N3O5/c1-22(2)24(20-34-30(37)26-14-7-8-15-29(26)40-17-10-9-16-39-6)19-27(33)28(36)21-35-31(38)32(4,5)25-13-11-12-23(3)18-25/h7-8,11-15,18,22,24,27-28,36H,9-10,16-17,19-21,33H2,1-6H3,(H,34,37)(H,35,38)/t24-,27+,28+/m1/s1. The van der Waals surface area contributed by atoms with Crippen molar-refractivity contribution in [3.63, 3.8) is 0 Å². The third-order valence-electron chi connectivity index (χ3n) is 7.45. The number of amides is 2. The summed E-state index contributed by atoms with van der Waals surface area (Å²) >= 11 is 0. The molecule has 0 spiro atoms. The maximum atomic E-state index is 13.0. The van der Waals surface area contributed by atoms with Crippen LogP contribution in [0, 0.1) is 18.8 Å². The second-order valence-electron chi connectivity index (χ2n) is 11.4. The van der Waals surface area contributed by atoms with E-state index in [1.54, 1.807) is 19.2 Å². The summed E-state index contributed by atoms with van der Waals surface area (Å²) in [6, 6.07) is 14.5. The van der Waals surface area contributed by atoms with E-state index in [4.69, 9.17) is 15.2 Å². The Morgan fingerprint density at radius 3 is 2.38 bits per heavy atom. The summed E-state index contributed by atoms with van der Waals surface area (Å²) in [6.07, 6.45) is 1.31. The van der Waals surface area contributed by atoms with Crippen molar-refractivity contribution in [2.24, 2.45) is 17.6 Å². The maximum absolute atomic E-state index is 13.0. The lowest BCUT2D eigenvalue weighted by molar-refractivity contribution is -0.126. The first-order valence-corrected chi connectivity index (χ1v) is 14.2. The van der Waals surface area contributed by atoms with Crippen LogP contribution in [0.5, 0.6) is 5.75 Å². The molecule has 8 nitrogen and oxygen atoms in total. The minimum absolute atomic E-state index is 0.0372. The SMILES string of the molecule is COCCCCOc1ccccc1C(=O)NC[C@@H](C[C@H](N)[C@@H](O)CNC(=O)C(C)(C)c1cccc(C)c1)C(C)C. The number of nitrogens with one attached hydrogen (secondary N) is 2. The molecule has 0 saturated heterocycles. The number of carbonyl (C=O) groups is 2. The Kier molecular flexibility index (Phi) is 13.6. The van der Waals surface area contributed by atoms with Gasteiger partial charge in [-0.15, -0.1) is 0 Å². The number of hydrogen-bond acceptors (Lipinski definition) is 6. The third kappa shape index (κ3) is 10.2. The van der Waals surface area contributed by atoms with Crippen molar-refractivity contribution in [3.05, 3.63) is 65.2 Å². The zero-order valence-corrected chi connectivity index (χ0v) is 25.0. The predicted molar refractivity (Wildman–Crippen MR) is 160 cm³/mol. The van der Waals surface area contributed by atoms with Crippen molar-refractivity contribution in [2.75, 3.05) is 33.4 Å². The fourth-order valence-electron chi connectivity index (χ4n) is 4.46. The number of nitrogens with two attached hydrogens (primary N) is 1. The van der Waals surface area contributed by atoms with Gasteiger partial charge in [0.15, 0.2) is 0 Å². The number of aliphatic hydroxyl groups excluding tert-OH is 1. The van der Waals surface area contributed by atoms with E-state index >= 15 is 0 Å². The summed E-state index contributed by atoms with van der Waals surface area (Å²) < 4.78 is 10.9. The summed E-state index contributed by atoms with van der Waals surface area (Å²) in [5.41, 5.74) is 8.11. The number of aryl methyl sites for hydroxylation is 1. The zero-order valence-electron chi connectivity index (χ0n) is 25.0. The second-order valence-corrected chi connectivity index (χ2v) is 11.4. The van der Waals surface area contributed by atoms with Crippen LogP contribution in [0.2, 0.25) is 0 Å². The van der Waals surface area contributed by atoms with Crippen LogP contribution in [-0.4, -0.2) is 62.5 Å². The summed E-state index contributed by atoms with van der Waals surface area (Å²) in [5, 5.41) is 16.6. The predicted octanol–water partition coefficient (Wildman–Crippen LogP) is 3.97. The van der Waals surface area contributed by atoms with Gasteiger partial charge in [-0.2, -0.15) is 0 Å². The van der Waals surface area contributed by atoms with Gasteiger partial charge >= 0.3 is 0 Å². The lowest BCUT2D eigenvalue weighted by Gasteiger charge is -2.29. The monoisotopic (exact) mass is 555 g/mol. The Labute approximate surface area is 240 Å². The van der Waals surface area contributed by atoms with Crippen LogP contribution in [0.15, 0.2) is 48.5 Å². The number of rotatable bonds is 17. The van der Waals surface area contributed by atoms with Crippen LogP contribution in [0.4, 0.5) is 0 Å². The Morgan fingerprint density at radius 2 is 1.70 bits per heavy atom. The van der Waals surface area contributed by atoms with Crippen LogP contribution in [0.1, 0.15) is 68.4 Å². The molecule has 3 atom stereocenters. The molecule has 2 rings (SSSR count). The molecular weight excluding hydrogens is 506 g/mol. The molecule has 0 radical (unpaired) electrons. The Balaban J connectivity index is 1.90. The van der Waals surface area contributed by atoms with E-state index in [1.165, 1.54) is 0 Å². The average molecular weight is 556 g/mol. The summed E-state index contributed by atoms with van der Waals surface area (Å²) in [5.74, 6) is 0.431. The number of carbonyl (C=O) groups excluding carboxylic acids is 2. The fraction of sp³-hybridized carbons (Fsp3) is 0.562. The first-order valence-electron chi connectivity index (χ1n) is 14.2. The van der Waals surface area contributed by atoms with Crippen molar-refractivity contribution < 1.29 is 24.2 Å². The molecule has 0 fully saturated rings. The van der Waals surface area contributed by atoms with Gasteiger partial charge in [0.1, 0.15) is 5.75 Å². The highest BCUT2D eigenvalue weighted by atomic mass is 16.5. The van der Waals surface area contributed by atoms with Crippen LogP contribution in [0.25, 0.3) is 0 Å². The van der Waals surface area contributed by atoms with Crippen LogP contribution in [0.3, 0.4) is 0 Å². The minimum atomic E-state index is -0.915. The first kappa shape index (κ1) is 33.3. The van der Waals surface area contributed by atoms with Crippen molar-refractivity contribution in [1.29, 1.82) is 0 Å². The Hall–Kier alpha value is -2.94.